The van der Waals surface area contributed by atoms with Gasteiger partial charge in [0.05, 0.1) is 41.3 Å². The summed E-state index contributed by atoms with van der Waals surface area (Å²) in [5, 5.41) is 21.0. The molecule has 200 valence electrons. The summed E-state index contributed by atoms with van der Waals surface area (Å²) in [6, 6.07) is 14.3. The van der Waals surface area contributed by atoms with E-state index in [-0.39, 0.29) is 24.2 Å². The van der Waals surface area contributed by atoms with E-state index in [4.69, 9.17) is 16.3 Å². The summed E-state index contributed by atoms with van der Waals surface area (Å²) in [5.74, 6) is -4.29. The van der Waals surface area contributed by atoms with Gasteiger partial charge in [0, 0.05) is 11.4 Å². The van der Waals surface area contributed by atoms with Gasteiger partial charge in [-0.25, -0.2) is 0 Å². The number of carbonyl (C=O) groups excluding carboxylic acids is 2. The Bertz CT molecular complexity index is 1260. The topological polar surface area (TPSA) is 107 Å². The Hall–Kier alpha value is -2.72. The summed E-state index contributed by atoms with van der Waals surface area (Å²) in [4.78, 5) is 43.5. The number of halogens is 2. The Labute approximate surface area is 233 Å². The van der Waals surface area contributed by atoms with Crippen molar-refractivity contribution in [3.8, 4) is 0 Å². The summed E-state index contributed by atoms with van der Waals surface area (Å²) in [6.07, 6.45) is 1.36. The van der Waals surface area contributed by atoms with Crippen molar-refractivity contribution in [2.45, 2.75) is 41.5 Å². The highest BCUT2D eigenvalue weighted by molar-refractivity contribution is 9.09. The van der Waals surface area contributed by atoms with Crippen molar-refractivity contribution in [2.75, 3.05) is 18.1 Å². The Kier molecular flexibility index (Phi) is 7.39. The van der Waals surface area contributed by atoms with E-state index >= 15 is 0 Å². The molecule has 3 heterocycles. The molecule has 2 amide bonds. The minimum absolute atomic E-state index is 0.105. The number of fused-ring (bicyclic) bond motifs is 1. The number of aliphatic hydroxyl groups excluding tert-OH is 1. The molecule has 2 aromatic rings. The average molecular weight is 604 g/mol. The molecular weight excluding hydrogens is 576 g/mol. The van der Waals surface area contributed by atoms with Gasteiger partial charge in [0.2, 0.25) is 5.91 Å². The standard InChI is InChI=1S/C28H28BrClN2O6/c1-2-12-31(20-11-7-6-10-19(20)30)26(35)24-28-14-18(29)23(38-28)21(27(36)37)22(28)25(34)32(24)17(15-33)13-16-8-4-3-5-9-16/h2-11,17-18,21-24,33H,1,12-15H2,(H,36,37)/t17-,18?,21-,22+,23-,24?,28?/m1/s1. The number of amides is 2. The molecule has 2 N–H and O–H groups in total. The molecule has 0 aromatic heterocycles. The van der Waals surface area contributed by atoms with Crippen LogP contribution >= 0.6 is 27.5 Å². The molecule has 0 aliphatic carbocycles. The van der Waals surface area contributed by atoms with E-state index in [0.717, 1.165) is 5.56 Å². The predicted molar refractivity (Wildman–Crippen MR) is 145 cm³/mol. The molecule has 10 heteroatoms. The highest BCUT2D eigenvalue weighted by Gasteiger charge is 2.77. The number of nitrogens with zero attached hydrogens (tertiary/aromatic N) is 2. The fourth-order valence-corrected chi connectivity index (χ4v) is 7.59. The summed E-state index contributed by atoms with van der Waals surface area (Å²) in [6.45, 7) is 3.48. The van der Waals surface area contributed by atoms with Crippen LogP contribution < -0.4 is 4.90 Å². The van der Waals surface area contributed by atoms with Gasteiger partial charge < -0.3 is 24.7 Å². The number of aliphatic carboxylic acids is 1. The molecule has 0 saturated carbocycles. The number of aliphatic hydroxyl groups is 1. The molecule has 7 atom stereocenters. The minimum Gasteiger partial charge on any atom is -0.481 e. The van der Waals surface area contributed by atoms with Crippen molar-refractivity contribution in [3.63, 3.8) is 0 Å². The zero-order chi connectivity index (χ0) is 27.2. The van der Waals surface area contributed by atoms with Gasteiger partial charge in [0.25, 0.3) is 5.91 Å². The molecule has 3 unspecified atom stereocenters. The second-order valence-corrected chi connectivity index (χ2v) is 11.5. The molecule has 1 spiro atoms. The largest absolute Gasteiger partial charge is 0.481 e. The summed E-state index contributed by atoms with van der Waals surface area (Å²) < 4.78 is 6.37. The fourth-order valence-electron chi connectivity index (χ4n) is 6.41. The first-order valence-corrected chi connectivity index (χ1v) is 13.7. The number of carbonyl (C=O) groups is 3. The van der Waals surface area contributed by atoms with Crippen LogP contribution in [0.2, 0.25) is 5.02 Å². The van der Waals surface area contributed by atoms with Crippen molar-refractivity contribution in [2.24, 2.45) is 11.8 Å². The lowest BCUT2D eigenvalue weighted by Crippen LogP contribution is -2.59. The number of anilines is 1. The molecule has 3 fully saturated rings. The maximum atomic E-state index is 14.5. The Morgan fingerprint density at radius 1 is 1.24 bits per heavy atom. The van der Waals surface area contributed by atoms with Gasteiger partial charge in [-0.15, -0.1) is 6.58 Å². The van der Waals surface area contributed by atoms with E-state index < -0.39 is 60.0 Å². The third-order valence-corrected chi connectivity index (χ3v) is 9.05. The number of hydrogen-bond donors (Lipinski definition) is 2. The van der Waals surface area contributed by atoms with Crippen LogP contribution in [0.25, 0.3) is 0 Å². The Morgan fingerprint density at radius 3 is 2.55 bits per heavy atom. The van der Waals surface area contributed by atoms with Gasteiger partial charge in [0.15, 0.2) is 0 Å². The van der Waals surface area contributed by atoms with Crippen LogP contribution in [0.3, 0.4) is 0 Å². The zero-order valence-electron chi connectivity index (χ0n) is 20.5. The van der Waals surface area contributed by atoms with Crippen LogP contribution in [0.15, 0.2) is 67.3 Å². The third-order valence-electron chi connectivity index (χ3n) is 7.89. The summed E-state index contributed by atoms with van der Waals surface area (Å²) in [7, 11) is 0. The number of benzene rings is 2. The minimum atomic E-state index is -1.37. The number of hydrogen-bond acceptors (Lipinski definition) is 5. The molecule has 3 aliphatic heterocycles. The number of ether oxygens (including phenoxy) is 1. The Morgan fingerprint density at radius 2 is 1.92 bits per heavy atom. The molecular formula is C28H28BrClN2O6. The number of likely N-dealkylation sites (tertiary alicyclic amines) is 1. The lowest BCUT2D eigenvalue weighted by molar-refractivity contribution is -0.150. The fraction of sp³-hybridized carbons (Fsp3) is 0.393. The first-order valence-electron chi connectivity index (χ1n) is 12.4. The molecule has 5 rings (SSSR count). The monoisotopic (exact) mass is 602 g/mol. The van der Waals surface area contributed by atoms with Crippen LogP contribution in [0.5, 0.6) is 0 Å². The van der Waals surface area contributed by atoms with Gasteiger partial charge in [-0.05, 0) is 30.5 Å². The molecule has 3 saturated heterocycles. The molecule has 2 bridgehead atoms. The second-order valence-electron chi connectivity index (χ2n) is 9.96. The van der Waals surface area contributed by atoms with E-state index in [0.29, 0.717) is 10.7 Å². The second kappa shape index (κ2) is 10.4. The van der Waals surface area contributed by atoms with Gasteiger partial charge in [0.1, 0.15) is 11.6 Å². The quantitative estimate of drug-likeness (QED) is 0.337. The molecule has 2 aromatic carbocycles. The molecule has 38 heavy (non-hydrogen) atoms. The van der Waals surface area contributed by atoms with Crippen LogP contribution in [-0.4, -0.2) is 74.7 Å². The van der Waals surface area contributed by atoms with Crippen molar-refractivity contribution in [3.05, 3.63) is 77.8 Å². The SMILES string of the molecule is C=CCN(C(=O)C1N([C@@H](CO)Cc2ccccc2)C(=O)[C@@H]2[C@@H](C(=O)O)[C@@H]3OC12CC3Br)c1ccccc1Cl. The van der Waals surface area contributed by atoms with Crippen molar-refractivity contribution < 1.29 is 29.3 Å². The molecule has 8 nitrogen and oxygen atoms in total. The van der Waals surface area contributed by atoms with E-state index in [9.17, 15) is 24.6 Å². The summed E-state index contributed by atoms with van der Waals surface area (Å²) in [5.41, 5.74) is -0.0684. The number of alkyl halides is 1. The first-order chi connectivity index (χ1) is 18.2. The average Bonchev–Trinajstić information content (AvgIpc) is 3.50. The predicted octanol–water partition coefficient (Wildman–Crippen LogP) is 3.30. The van der Waals surface area contributed by atoms with Crippen LogP contribution in [0, 0.1) is 11.8 Å². The van der Waals surface area contributed by atoms with Crippen molar-refractivity contribution in [1.29, 1.82) is 0 Å². The highest BCUT2D eigenvalue weighted by atomic mass is 79.9. The van der Waals surface area contributed by atoms with Gasteiger partial charge in [-0.2, -0.15) is 0 Å². The lowest BCUT2D eigenvalue weighted by atomic mass is 9.70. The lowest BCUT2D eigenvalue weighted by Gasteiger charge is -2.39. The van der Waals surface area contributed by atoms with E-state index in [2.05, 4.69) is 22.5 Å². The molecule has 3 aliphatic rings. The van der Waals surface area contributed by atoms with E-state index in [1.807, 2.05) is 30.3 Å². The number of carboxylic acids is 1. The van der Waals surface area contributed by atoms with Crippen LogP contribution in [0.4, 0.5) is 5.69 Å². The van der Waals surface area contributed by atoms with Crippen LogP contribution in [-0.2, 0) is 25.5 Å². The van der Waals surface area contributed by atoms with Gasteiger partial charge in [-0.1, -0.05) is 76.1 Å². The van der Waals surface area contributed by atoms with Gasteiger partial charge in [-0.3, -0.25) is 14.4 Å². The van der Waals surface area contributed by atoms with Crippen LogP contribution in [0.1, 0.15) is 12.0 Å². The van der Waals surface area contributed by atoms with Gasteiger partial charge >= 0.3 is 5.97 Å². The third kappa shape index (κ3) is 4.16. The number of rotatable bonds is 9. The zero-order valence-corrected chi connectivity index (χ0v) is 22.8. The van der Waals surface area contributed by atoms with Crippen molar-refractivity contribution >= 4 is 51.0 Å². The molecule has 0 radical (unpaired) electrons. The van der Waals surface area contributed by atoms with Crippen molar-refractivity contribution in [1.82, 2.24) is 4.90 Å². The highest BCUT2D eigenvalue weighted by Crippen LogP contribution is 2.60. The van der Waals surface area contributed by atoms with E-state index in [1.54, 1.807) is 30.3 Å². The Balaban J connectivity index is 1.64. The normalized spacial score (nSPS) is 30.2. The maximum absolute atomic E-state index is 14.5. The summed E-state index contributed by atoms with van der Waals surface area (Å²) >= 11 is 10.0. The maximum Gasteiger partial charge on any atom is 0.310 e. The van der Waals surface area contributed by atoms with E-state index in [1.165, 1.54) is 9.80 Å². The smallest absolute Gasteiger partial charge is 0.310 e. The number of para-hydroxylation sites is 1. The number of carboxylic acid groups (broad SMARTS) is 1. The first kappa shape index (κ1) is 26.9.